The van der Waals surface area contributed by atoms with Crippen molar-refractivity contribution < 1.29 is 22.3 Å². The Hall–Kier alpha value is -1.30. The first-order valence-electron chi connectivity index (χ1n) is 5.78. The summed E-state index contributed by atoms with van der Waals surface area (Å²) in [6, 6.07) is 1.91. The highest BCUT2D eigenvalue weighted by Gasteiger charge is 2.42. The molecule has 2 nitrogen and oxygen atoms in total. The van der Waals surface area contributed by atoms with E-state index in [2.05, 4.69) is 5.32 Å². The van der Waals surface area contributed by atoms with Crippen LogP contribution in [0, 0.1) is 5.82 Å². The molecule has 1 aromatic rings. The number of hydrogen-bond acceptors (Lipinski definition) is 2. The van der Waals surface area contributed by atoms with E-state index in [0.29, 0.717) is 5.56 Å². The number of alkyl halides is 3. The fourth-order valence-electron chi connectivity index (χ4n) is 2.60. The van der Waals surface area contributed by atoms with Crippen LogP contribution < -0.4 is 10.1 Å². The number of rotatable bonds is 0. The fourth-order valence-corrected chi connectivity index (χ4v) is 2.60. The topological polar surface area (TPSA) is 21.3 Å². The number of hydrogen-bond donors (Lipinski definition) is 1. The van der Waals surface area contributed by atoms with Crippen LogP contribution in [0.5, 0.6) is 5.75 Å². The average Bonchev–Trinajstić information content (AvgIpc) is 2.68. The molecule has 2 atom stereocenters. The summed E-state index contributed by atoms with van der Waals surface area (Å²) in [4.78, 5) is 0. The Morgan fingerprint density at radius 3 is 2.78 bits per heavy atom. The van der Waals surface area contributed by atoms with Gasteiger partial charge in [0.25, 0.3) is 0 Å². The summed E-state index contributed by atoms with van der Waals surface area (Å²) in [5, 5.41) is 3.15. The second kappa shape index (κ2) is 3.85. The molecule has 18 heavy (non-hydrogen) atoms. The number of ether oxygens (including phenoxy) is 1. The van der Waals surface area contributed by atoms with Gasteiger partial charge in [0.05, 0.1) is 11.6 Å². The van der Waals surface area contributed by atoms with Gasteiger partial charge in [-0.15, -0.1) is 0 Å². The van der Waals surface area contributed by atoms with E-state index in [9.17, 15) is 17.6 Å². The van der Waals surface area contributed by atoms with Crippen LogP contribution in [0.1, 0.15) is 30.0 Å². The second-order valence-corrected chi connectivity index (χ2v) is 4.57. The van der Waals surface area contributed by atoms with Crippen molar-refractivity contribution in [2.24, 2.45) is 0 Å². The molecule has 1 N–H and O–H groups in total. The zero-order valence-electron chi connectivity index (χ0n) is 9.35. The van der Waals surface area contributed by atoms with Crippen molar-refractivity contribution in [1.82, 2.24) is 5.32 Å². The summed E-state index contributed by atoms with van der Waals surface area (Å²) in [5.41, 5.74) is -0.773. The molecule has 0 radical (unpaired) electrons. The summed E-state index contributed by atoms with van der Waals surface area (Å²) in [6.45, 7) is 0.770. The molecule has 0 spiro atoms. The lowest BCUT2D eigenvalue weighted by molar-refractivity contribution is -0.140. The predicted octanol–water partition coefficient (Wildman–Crippen LogP) is 3.03. The third kappa shape index (κ3) is 1.67. The van der Waals surface area contributed by atoms with Gasteiger partial charge in [-0.1, -0.05) is 6.07 Å². The van der Waals surface area contributed by atoms with Crippen LogP contribution >= 0.6 is 0 Å². The van der Waals surface area contributed by atoms with Gasteiger partial charge in [0.1, 0.15) is 6.10 Å². The third-order valence-corrected chi connectivity index (χ3v) is 3.44. The van der Waals surface area contributed by atoms with Crippen molar-refractivity contribution in [2.45, 2.75) is 31.2 Å². The molecule has 2 aliphatic heterocycles. The summed E-state index contributed by atoms with van der Waals surface area (Å²) < 4.78 is 56.9. The first-order chi connectivity index (χ1) is 8.48. The monoisotopic (exact) mass is 261 g/mol. The van der Waals surface area contributed by atoms with Crippen molar-refractivity contribution >= 4 is 0 Å². The van der Waals surface area contributed by atoms with Gasteiger partial charge >= 0.3 is 6.18 Å². The van der Waals surface area contributed by atoms with Crippen molar-refractivity contribution in [3.63, 3.8) is 0 Å². The molecule has 2 aliphatic rings. The molecule has 98 valence electrons. The number of nitrogens with one attached hydrogen (secondary N) is 1. The number of benzene rings is 1. The van der Waals surface area contributed by atoms with E-state index in [1.807, 2.05) is 0 Å². The third-order valence-electron chi connectivity index (χ3n) is 3.44. The summed E-state index contributed by atoms with van der Waals surface area (Å²) in [6.07, 6.45) is -3.34. The molecule has 1 aromatic carbocycles. The lowest BCUT2D eigenvalue weighted by atomic mass is 9.96. The Bertz CT molecular complexity index is 486. The summed E-state index contributed by atoms with van der Waals surface area (Å²) >= 11 is 0. The van der Waals surface area contributed by atoms with E-state index < -0.39 is 17.6 Å². The Morgan fingerprint density at radius 2 is 2.06 bits per heavy atom. The minimum Gasteiger partial charge on any atom is -0.485 e. The Kier molecular flexibility index (Phi) is 2.52. The van der Waals surface area contributed by atoms with Crippen LogP contribution in [0.25, 0.3) is 0 Å². The van der Waals surface area contributed by atoms with Crippen LogP contribution in [0.3, 0.4) is 0 Å². The largest absolute Gasteiger partial charge is 0.485 e. The zero-order valence-corrected chi connectivity index (χ0v) is 9.35. The molecule has 0 aromatic heterocycles. The highest BCUT2D eigenvalue weighted by Crippen LogP contribution is 2.45. The minimum atomic E-state index is -4.69. The van der Waals surface area contributed by atoms with Crippen LogP contribution in [0.15, 0.2) is 12.1 Å². The maximum atomic E-state index is 13.8. The van der Waals surface area contributed by atoms with Crippen molar-refractivity contribution in [3.8, 4) is 5.75 Å². The van der Waals surface area contributed by atoms with Crippen LogP contribution in [0.4, 0.5) is 17.6 Å². The first-order valence-corrected chi connectivity index (χ1v) is 5.78. The maximum absolute atomic E-state index is 13.8. The van der Waals surface area contributed by atoms with E-state index in [4.69, 9.17) is 4.74 Å². The zero-order chi connectivity index (χ0) is 12.9. The van der Waals surface area contributed by atoms with Gasteiger partial charge in [0, 0.05) is 5.56 Å². The summed E-state index contributed by atoms with van der Waals surface area (Å²) in [5.74, 6) is -1.54. The van der Waals surface area contributed by atoms with E-state index in [0.717, 1.165) is 25.5 Å². The van der Waals surface area contributed by atoms with Crippen molar-refractivity contribution in [2.75, 3.05) is 6.54 Å². The highest BCUT2D eigenvalue weighted by atomic mass is 19.4. The first kappa shape index (κ1) is 11.8. The van der Waals surface area contributed by atoms with Gasteiger partial charge in [0.15, 0.2) is 11.6 Å². The molecule has 0 saturated carbocycles. The number of halogens is 4. The van der Waals surface area contributed by atoms with Gasteiger partial charge in [0.2, 0.25) is 0 Å². The molecule has 2 heterocycles. The molecular weight excluding hydrogens is 250 g/mol. The quantitative estimate of drug-likeness (QED) is 0.725. The molecule has 0 amide bonds. The van der Waals surface area contributed by atoms with E-state index in [1.165, 1.54) is 6.07 Å². The Balaban J connectivity index is 2.06. The highest BCUT2D eigenvalue weighted by molar-refractivity contribution is 5.46. The smallest absolute Gasteiger partial charge is 0.419 e. The number of piperidine rings is 1. The molecule has 6 heteroatoms. The Labute approximate surface area is 101 Å². The average molecular weight is 261 g/mol. The molecule has 0 unspecified atom stereocenters. The van der Waals surface area contributed by atoms with Gasteiger partial charge in [-0.3, -0.25) is 0 Å². The van der Waals surface area contributed by atoms with Crippen LogP contribution in [-0.4, -0.2) is 12.6 Å². The molecular formula is C12H11F4NO. The molecule has 0 bridgehead atoms. The van der Waals surface area contributed by atoms with E-state index >= 15 is 0 Å². The molecule has 0 aliphatic carbocycles. The van der Waals surface area contributed by atoms with Crippen LogP contribution in [-0.2, 0) is 6.18 Å². The number of fused-ring (bicyclic) bond motifs is 3. The van der Waals surface area contributed by atoms with Gasteiger partial charge in [-0.05, 0) is 25.5 Å². The SMILES string of the molecule is Fc1c(C(F)(F)F)ccc2c1O[C@H]1CCCN[C@@H]21. The normalized spacial score (nSPS) is 26.4. The van der Waals surface area contributed by atoms with Crippen molar-refractivity contribution in [1.29, 1.82) is 0 Å². The molecule has 1 saturated heterocycles. The lowest BCUT2D eigenvalue weighted by Gasteiger charge is -2.25. The predicted molar refractivity (Wildman–Crippen MR) is 55.8 cm³/mol. The van der Waals surface area contributed by atoms with E-state index in [1.54, 1.807) is 0 Å². The summed E-state index contributed by atoms with van der Waals surface area (Å²) in [7, 11) is 0. The minimum absolute atomic E-state index is 0.189. The second-order valence-electron chi connectivity index (χ2n) is 4.57. The fraction of sp³-hybridized carbons (Fsp3) is 0.500. The van der Waals surface area contributed by atoms with Gasteiger partial charge in [-0.2, -0.15) is 13.2 Å². The molecule has 1 fully saturated rings. The maximum Gasteiger partial charge on any atom is 0.419 e. The van der Waals surface area contributed by atoms with Gasteiger partial charge in [-0.25, -0.2) is 4.39 Å². The van der Waals surface area contributed by atoms with Crippen LogP contribution in [0.2, 0.25) is 0 Å². The van der Waals surface area contributed by atoms with E-state index in [-0.39, 0.29) is 17.9 Å². The van der Waals surface area contributed by atoms with Crippen molar-refractivity contribution in [3.05, 3.63) is 29.1 Å². The lowest BCUT2D eigenvalue weighted by Crippen LogP contribution is -2.36. The van der Waals surface area contributed by atoms with Gasteiger partial charge < -0.3 is 10.1 Å². The standard InChI is InChI=1S/C12H11F4NO/c13-9-7(12(14,15)16)4-3-6-10-8(18-11(6)9)2-1-5-17-10/h3-4,8,10,17H,1-2,5H2/t8-,10-/m0/s1. The molecule has 3 rings (SSSR count). The Morgan fingerprint density at radius 1 is 1.28 bits per heavy atom.